The highest BCUT2D eigenvalue weighted by Gasteiger charge is 2.05. The van der Waals surface area contributed by atoms with Crippen LogP contribution in [0.4, 0.5) is 9.59 Å². The van der Waals surface area contributed by atoms with Crippen LogP contribution in [0.3, 0.4) is 0 Å². The lowest BCUT2D eigenvalue weighted by Crippen LogP contribution is -2.22. The molecule has 0 saturated heterocycles. The molecule has 7 nitrogen and oxygen atoms in total. The summed E-state index contributed by atoms with van der Waals surface area (Å²) in [5.41, 5.74) is 0.505. The maximum atomic E-state index is 11.1. The molecular weight excluding hydrogens is 238 g/mol. The summed E-state index contributed by atoms with van der Waals surface area (Å²) in [6, 6.07) is 6.69. The summed E-state index contributed by atoms with van der Waals surface area (Å²) in [6.07, 6.45) is -0.00734. The highest BCUT2D eigenvalue weighted by molar-refractivity contribution is 5.85. The van der Waals surface area contributed by atoms with Gasteiger partial charge in [-0.15, -0.1) is 0 Å². The first-order valence-electron chi connectivity index (χ1n) is 5.08. The molecule has 0 aliphatic heterocycles. The van der Waals surface area contributed by atoms with Gasteiger partial charge in [0.25, 0.3) is 0 Å². The normalized spacial score (nSPS) is 9.89. The molecule has 0 radical (unpaired) electrons. The van der Waals surface area contributed by atoms with Crippen LogP contribution in [-0.2, 0) is 4.84 Å². The molecule has 0 aliphatic rings. The predicted molar refractivity (Wildman–Crippen MR) is 64.7 cm³/mol. The van der Waals surface area contributed by atoms with Gasteiger partial charge < -0.3 is 15.4 Å². The molecule has 0 aromatic heterocycles. The standard InChI is InChI=1S/C11H13N3O4/c1-12-10(15)17-9-6-4-3-5-8(9)7-14-18-11(16)13-2/h3-7H,1-2H3,(H,12,15)(H,13,16)/b14-7-. The number of carbonyl (C=O) groups excluding carboxylic acids is 2. The number of para-hydroxylation sites is 1. The largest absolute Gasteiger partial charge is 0.433 e. The van der Waals surface area contributed by atoms with Crippen molar-refractivity contribution in [2.24, 2.45) is 5.16 Å². The van der Waals surface area contributed by atoms with Crippen molar-refractivity contribution in [3.05, 3.63) is 29.8 Å². The van der Waals surface area contributed by atoms with Gasteiger partial charge in [-0.1, -0.05) is 17.3 Å². The molecule has 1 rings (SSSR count). The van der Waals surface area contributed by atoms with Crippen molar-refractivity contribution in [3.63, 3.8) is 0 Å². The Morgan fingerprint density at radius 2 is 1.83 bits per heavy atom. The van der Waals surface area contributed by atoms with Crippen molar-refractivity contribution in [2.45, 2.75) is 0 Å². The Labute approximate surface area is 104 Å². The molecule has 1 aromatic carbocycles. The van der Waals surface area contributed by atoms with Gasteiger partial charge >= 0.3 is 12.2 Å². The molecule has 0 saturated carbocycles. The number of nitrogens with one attached hydrogen (secondary N) is 2. The maximum absolute atomic E-state index is 11.1. The molecule has 0 atom stereocenters. The highest BCUT2D eigenvalue weighted by Crippen LogP contribution is 2.15. The van der Waals surface area contributed by atoms with Crippen molar-refractivity contribution < 1.29 is 19.2 Å². The number of rotatable bonds is 3. The van der Waals surface area contributed by atoms with Gasteiger partial charge in [0.1, 0.15) is 5.75 Å². The number of hydrogen-bond acceptors (Lipinski definition) is 5. The van der Waals surface area contributed by atoms with E-state index in [1.54, 1.807) is 24.3 Å². The Balaban J connectivity index is 2.75. The summed E-state index contributed by atoms with van der Waals surface area (Å²) in [5, 5.41) is 8.02. The Bertz CT molecular complexity index is 459. The molecule has 96 valence electrons. The first kappa shape index (κ1) is 13.5. The van der Waals surface area contributed by atoms with Gasteiger partial charge in [0.2, 0.25) is 0 Å². The quantitative estimate of drug-likeness (QED) is 0.478. The molecule has 7 heteroatoms. The van der Waals surface area contributed by atoms with E-state index >= 15 is 0 Å². The smallest absolute Gasteiger partial charge is 0.410 e. The van der Waals surface area contributed by atoms with Crippen LogP contribution in [0.25, 0.3) is 0 Å². The summed E-state index contributed by atoms with van der Waals surface area (Å²) >= 11 is 0. The van der Waals surface area contributed by atoms with Crippen LogP contribution in [0, 0.1) is 0 Å². The number of nitrogens with zero attached hydrogens (tertiary/aromatic N) is 1. The molecule has 2 N–H and O–H groups in total. The van der Waals surface area contributed by atoms with Gasteiger partial charge in [0, 0.05) is 19.7 Å². The topological polar surface area (TPSA) is 89.0 Å². The first-order valence-corrected chi connectivity index (χ1v) is 5.08. The fraction of sp³-hybridized carbons (Fsp3) is 0.182. The zero-order chi connectivity index (χ0) is 13.4. The zero-order valence-electron chi connectivity index (χ0n) is 9.97. The lowest BCUT2D eigenvalue weighted by molar-refractivity contribution is 0.153. The summed E-state index contributed by atoms with van der Waals surface area (Å²) in [7, 11) is 2.87. The van der Waals surface area contributed by atoms with E-state index < -0.39 is 12.2 Å². The van der Waals surface area contributed by atoms with Gasteiger partial charge in [-0.3, -0.25) is 4.84 Å². The molecule has 18 heavy (non-hydrogen) atoms. The van der Waals surface area contributed by atoms with Crippen LogP contribution in [0.5, 0.6) is 5.75 Å². The van der Waals surface area contributed by atoms with E-state index in [0.29, 0.717) is 11.3 Å². The third-order valence-corrected chi connectivity index (χ3v) is 1.86. The number of amides is 2. The summed E-state index contributed by atoms with van der Waals surface area (Å²) in [4.78, 5) is 26.3. The molecule has 2 amide bonds. The molecule has 0 spiro atoms. The Morgan fingerprint density at radius 1 is 1.17 bits per heavy atom. The van der Waals surface area contributed by atoms with Crippen molar-refractivity contribution >= 4 is 18.4 Å². The number of carbonyl (C=O) groups is 2. The highest BCUT2D eigenvalue weighted by atomic mass is 16.7. The van der Waals surface area contributed by atoms with Gasteiger partial charge in [-0.05, 0) is 12.1 Å². The minimum absolute atomic E-state index is 0.307. The number of oxime groups is 1. The third kappa shape index (κ3) is 4.12. The fourth-order valence-electron chi connectivity index (χ4n) is 1.01. The molecule has 0 bridgehead atoms. The fourth-order valence-corrected chi connectivity index (χ4v) is 1.01. The average molecular weight is 251 g/mol. The van der Waals surface area contributed by atoms with Gasteiger partial charge in [0.05, 0.1) is 6.21 Å². The van der Waals surface area contributed by atoms with E-state index in [9.17, 15) is 9.59 Å². The SMILES string of the molecule is CNC(=O)O/N=C\c1ccccc1OC(=O)NC. The minimum Gasteiger partial charge on any atom is -0.410 e. The first-order chi connectivity index (χ1) is 8.67. The van der Waals surface area contributed by atoms with Crippen molar-refractivity contribution in [1.29, 1.82) is 0 Å². The maximum Gasteiger partial charge on any atom is 0.433 e. The lowest BCUT2D eigenvalue weighted by atomic mass is 10.2. The average Bonchev–Trinajstić information content (AvgIpc) is 2.40. The molecule has 1 aromatic rings. The van der Waals surface area contributed by atoms with Crippen LogP contribution in [0.2, 0.25) is 0 Å². The van der Waals surface area contributed by atoms with E-state index in [1.165, 1.54) is 20.3 Å². The summed E-state index contributed by atoms with van der Waals surface area (Å²) in [6.45, 7) is 0. The van der Waals surface area contributed by atoms with Crippen LogP contribution >= 0.6 is 0 Å². The number of ether oxygens (including phenoxy) is 1. The predicted octanol–water partition coefficient (Wildman–Crippen LogP) is 1.09. The molecule has 0 aliphatic carbocycles. The van der Waals surface area contributed by atoms with Crippen molar-refractivity contribution in [3.8, 4) is 5.75 Å². The molecular formula is C11H13N3O4. The second kappa shape index (κ2) is 6.89. The van der Waals surface area contributed by atoms with Crippen molar-refractivity contribution in [2.75, 3.05) is 14.1 Å². The van der Waals surface area contributed by atoms with Crippen LogP contribution in [-0.4, -0.2) is 32.5 Å². The monoisotopic (exact) mass is 251 g/mol. The minimum atomic E-state index is -0.684. The van der Waals surface area contributed by atoms with Crippen molar-refractivity contribution in [1.82, 2.24) is 10.6 Å². The Morgan fingerprint density at radius 3 is 2.50 bits per heavy atom. The van der Waals surface area contributed by atoms with E-state index in [0.717, 1.165) is 0 Å². The summed E-state index contributed by atoms with van der Waals surface area (Å²) in [5.74, 6) is 0.307. The number of hydrogen-bond donors (Lipinski definition) is 2. The van der Waals surface area contributed by atoms with Crippen LogP contribution in [0.1, 0.15) is 5.56 Å². The van der Waals surface area contributed by atoms with E-state index in [1.807, 2.05) is 0 Å². The second-order valence-electron chi connectivity index (χ2n) is 3.04. The second-order valence-corrected chi connectivity index (χ2v) is 3.04. The van der Waals surface area contributed by atoms with Crippen LogP contribution < -0.4 is 15.4 Å². The third-order valence-electron chi connectivity index (χ3n) is 1.86. The lowest BCUT2D eigenvalue weighted by Gasteiger charge is -2.05. The van der Waals surface area contributed by atoms with E-state index in [2.05, 4.69) is 20.6 Å². The van der Waals surface area contributed by atoms with E-state index in [4.69, 9.17) is 4.74 Å². The molecule has 0 fully saturated rings. The Kier molecular flexibility index (Phi) is 5.17. The van der Waals surface area contributed by atoms with Gasteiger partial charge in [-0.25, -0.2) is 9.59 Å². The van der Waals surface area contributed by atoms with Crippen LogP contribution in [0.15, 0.2) is 29.4 Å². The molecule has 0 unspecified atom stereocenters. The summed E-state index contributed by atoms with van der Waals surface area (Å²) < 4.78 is 4.98. The molecule has 0 heterocycles. The van der Waals surface area contributed by atoms with E-state index in [-0.39, 0.29) is 0 Å². The van der Waals surface area contributed by atoms with Gasteiger partial charge in [0.15, 0.2) is 0 Å². The zero-order valence-corrected chi connectivity index (χ0v) is 9.97. The Hall–Kier alpha value is -2.57. The number of benzene rings is 1. The van der Waals surface area contributed by atoms with Gasteiger partial charge in [-0.2, -0.15) is 0 Å².